The molecule has 2 rings (SSSR count). The molecule has 1 aromatic carbocycles. The molecule has 10 nitrogen and oxygen atoms in total. The first-order chi connectivity index (χ1) is 22.8. The molecular formula is C37H62O10. The summed E-state index contributed by atoms with van der Waals surface area (Å²) >= 11 is 0. The van der Waals surface area contributed by atoms with E-state index in [4.69, 9.17) is 37.9 Å². The molecule has 0 amide bonds. The van der Waals surface area contributed by atoms with Gasteiger partial charge < -0.3 is 48.1 Å². The van der Waals surface area contributed by atoms with Gasteiger partial charge in [0.2, 0.25) is 5.75 Å². The Morgan fingerprint density at radius 3 is 2.04 bits per heavy atom. The van der Waals surface area contributed by atoms with Crippen LogP contribution in [0, 0.1) is 11.8 Å². The minimum absolute atomic E-state index is 0.00000556. The van der Waals surface area contributed by atoms with Gasteiger partial charge in [0.05, 0.1) is 47.3 Å². The standard InChI is InChI=1S/C37H62O10/c1-9-13-15-26(11-3)21-44-23-30(38)24-45-37-33(42-7)19-28(20-34(37)43-8)27-17-29(22-40-5)36(32(18-27)41-6)46-25-35(39)47-31(12-4)16-14-10-2/h17-20,26,29-31,35-36,38-39H,9-16,21-25H2,1-8H3. The summed E-state index contributed by atoms with van der Waals surface area (Å²) < 4.78 is 46.6. The maximum Gasteiger partial charge on any atom is 0.203 e. The average molecular weight is 667 g/mol. The molecule has 0 heterocycles. The number of hydrogen-bond donors (Lipinski definition) is 2. The van der Waals surface area contributed by atoms with Crippen molar-refractivity contribution < 1.29 is 48.1 Å². The molecule has 47 heavy (non-hydrogen) atoms. The third-order valence-electron chi connectivity index (χ3n) is 8.48. The number of rotatable bonds is 26. The minimum atomic E-state index is -1.05. The second-order valence-corrected chi connectivity index (χ2v) is 12.1. The average Bonchev–Trinajstić information content (AvgIpc) is 3.09. The van der Waals surface area contributed by atoms with Gasteiger partial charge in [-0.25, -0.2) is 0 Å². The van der Waals surface area contributed by atoms with E-state index in [9.17, 15) is 10.2 Å². The normalized spacial score (nSPS) is 18.9. The van der Waals surface area contributed by atoms with E-state index in [1.54, 1.807) is 28.4 Å². The summed E-state index contributed by atoms with van der Waals surface area (Å²) in [7, 11) is 6.36. The van der Waals surface area contributed by atoms with Crippen molar-refractivity contribution in [1.29, 1.82) is 0 Å². The third-order valence-corrected chi connectivity index (χ3v) is 8.48. The first-order valence-electron chi connectivity index (χ1n) is 17.3. The summed E-state index contributed by atoms with van der Waals surface area (Å²) in [5, 5.41) is 21.2. The predicted octanol–water partition coefficient (Wildman–Crippen LogP) is 6.56. The Labute approximate surface area is 283 Å². The second kappa shape index (κ2) is 23.1. The Balaban J connectivity index is 2.16. The topological polar surface area (TPSA) is 114 Å². The molecule has 1 aromatic rings. The van der Waals surface area contributed by atoms with Crippen LogP contribution in [-0.4, -0.2) is 96.3 Å². The number of aliphatic hydroxyl groups excluding tert-OH is 2. The van der Waals surface area contributed by atoms with Crippen molar-refractivity contribution in [2.75, 3.05) is 61.5 Å². The van der Waals surface area contributed by atoms with Gasteiger partial charge in [-0.15, -0.1) is 0 Å². The molecule has 0 saturated carbocycles. The molecule has 0 aliphatic heterocycles. The van der Waals surface area contributed by atoms with Gasteiger partial charge >= 0.3 is 0 Å². The number of hydrogen-bond acceptors (Lipinski definition) is 10. The molecule has 6 atom stereocenters. The van der Waals surface area contributed by atoms with Crippen LogP contribution >= 0.6 is 0 Å². The van der Waals surface area contributed by atoms with Gasteiger partial charge in [-0.3, -0.25) is 0 Å². The zero-order chi connectivity index (χ0) is 34.6. The van der Waals surface area contributed by atoms with Crippen molar-refractivity contribution in [3.63, 3.8) is 0 Å². The van der Waals surface area contributed by atoms with Gasteiger partial charge in [-0.1, -0.05) is 65.9 Å². The highest BCUT2D eigenvalue weighted by Gasteiger charge is 2.32. The fourth-order valence-corrected chi connectivity index (χ4v) is 5.63. The lowest BCUT2D eigenvalue weighted by atomic mass is 9.89. The fourth-order valence-electron chi connectivity index (χ4n) is 5.63. The molecule has 0 saturated heterocycles. The molecule has 0 bridgehead atoms. The number of unbranched alkanes of at least 4 members (excludes halogenated alkanes) is 2. The van der Waals surface area contributed by atoms with Gasteiger partial charge in [0, 0.05) is 19.6 Å². The monoisotopic (exact) mass is 666 g/mol. The molecule has 0 radical (unpaired) electrons. The summed E-state index contributed by atoms with van der Waals surface area (Å²) in [5.74, 6) is 2.20. The molecule has 0 fully saturated rings. The molecule has 1 aliphatic rings. The van der Waals surface area contributed by atoms with Crippen LogP contribution in [0.25, 0.3) is 5.57 Å². The van der Waals surface area contributed by atoms with Crippen molar-refractivity contribution in [3.8, 4) is 17.2 Å². The van der Waals surface area contributed by atoms with Crippen LogP contribution in [0.1, 0.15) is 84.6 Å². The summed E-state index contributed by atoms with van der Waals surface area (Å²) in [5.41, 5.74) is 1.67. The van der Waals surface area contributed by atoms with Crippen LogP contribution in [0.3, 0.4) is 0 Å². The lowest BCUT2D eigenvalue weighted by Crippen LogP contribution is -2.35. The quantitative estimate of drug-likeness (QED) is 0.106. The van der Waals surface area contributed by atoms with Crippen LogP contribution in [0.4, 0.5) is 0 Å². The van der Waals surface area contributed by atoms with Crippen LogP contribution < -0.4 is 14.2 Å². The SMILES string of the molecule is CCCCC(CC)COCC(O)COc1c(OC)cc(C2=CC(COC)C(OCC(O)OC(CC)CCCC)C(OC)=C2)cc1OC. The van der Waals surface area contributed by atoms with Crippen LogP contribution in [-0.2, 0) is 23.7 Å². The summed E-state index contributed by atoms with van der Waals surface area (Å²) in [6.07, 6.45) is 10.0. The van der Waals surface area contributed by atoms with E-state index >= 15 is 0 Å². The van der Waals surface area contributed by atoms with E-state index in [-0.39, 0.29) is 31.8 Å². The Morgan fingerprint density at radius 2 is 1.47 bits per heavy atom. The highest BCUT2D eigenvalue weighted by atomic mass is 16.6. The van der Waals surface area contributed by atoms with Gasteiger partial charge in [0.25, 0.3) is 0 Å². The zero-order valence-corrected chi connectivity index (χ0v) is 30.1. The van der Waals surface area contributed by atoms with Gasteiger partial charge in [-0.05, 0) is 54.5 Å². The number of ether oxygens (including phenoxy) is 8. The lowest BCUT2D eigenvalue weighted by molar-refractivity contribution is -0.180. The second-order valence-electron chi connectivity index (χ2n) is 12.1. The Hall–Kier alpha value is -2.34. The van der Waals surface area contributed by atoms with Gasteiger partial charge in [0.15, 0.2) is 17.8 Å². The molecule has 6 unspecified atom stereocenters. The Bertz CT molecular complexity index is 1030. The van der Waals surface area contributed by atoms with Gasteiger partial charge in [-0.2, -0.15) is 0 Å². The lowest BCUT2D eigenvalue weighted by Gasteiger charge is -2.31. The largest absolute Gasteiger partial charge is 0.498 e. The predicted molar refractivity (Wildman–Crippen MR) is 184 cm³/mol. The summed E-state index contributed by atoms with van der Waals surface area (Å²) in [6.45, 7) is 9.77. The van der Waals surface area contributed by atoms with E-state index in [2.05, 4.69) is 33.8 Å². The Morgan fingerprint density at radius 1 is 0.787 bits per heavy atom. The number of methoxy groups -OCH3 is 4. The van der Waals surface area contributed by atoms with E-state index in [1.807, 2.05) is 18.2 Å². The van der Waals surface area contributed by atoms with Crippen molar-refractivity contribution in [2.45, 2.75) is 104 Å². The highest BCUT2D eigenvalue weighted by Crippen LogP contribution is 2.42. The maximum atomic E-state index is 10.6. The van der Waals surface area contributed by atoms with Crippen LogP contribution in [0.2, 0.25) is 0 Å². The molecule has 270 valence electrons. The molecule has 1 aliphatic carbocycles. The van der Waals surface area contributed by atoms with Crippen LogP contribution in [0.15, 0.2) is 30.0 Å². The summed E-state index contributed by atoms with van der Waals surface area (Å²) in [6, 6.07) is 3.72. The van der Waals surface area contributed by atoms with Crippen LogP contribution in [0.5, 0.6) is 17.2 Å². The molecule has 2 N–H and O–H groups in total. The first-order valence-corrected chi connectivity index (χ1v) is 17.3. The first kappa shape index (κ1) is 40.8. The maximum absolute atomic E-state index is 10.6. The van der Waals surface area contributed by atoms with E-state index in [1.165, 1.54) is 12.8 Å². The fraction of sp³-hybridized carbons (Fsp3) is 0.730. The van der Waals surface area contributed by atoms with Crippen molar-refractivity contribution in [3.05, 3.63) is 35.6 Å². The minimum Gasteiger partial charge on any atom is -0.498 e. The molecule has 0 aromatic heterocycles. The highest BCUT2D eigenvalue weighted by molar-refractivity contribution is 5.79. The van der Waals surface area contributed by atoms with Crippen molar-refractivity contribution in [2.24, 2.45) is 11.8 Å². The van der Waals surface area contributed by atoms with Crippen molar-refractivity contribution in [1.82, 2.24) is 0 Å². The van der Waals surface area contributed by atoms with E-state index in [0.717, 1.165) is 49.7 Å². The third kappa shape index (κ3) is 13.6. The van der Waals surface area contributed by atoms with E-state index < -0.39 is 18.5 Å². The van der Waals surface area contributed by atoms with E-state index in [0.29, 0.717) is 42.1 Å². The zero-order valence-electron chi connectivity index (χ0n) is 30.1. The smallest absolute Gasteiger partial charge is 0.203 e. The van der Waals surface area contributed by atoms with Gasteiger partial charge in [0.1, 0.15) is 24.6 Å². The number of benzene rings is 1. The Kier molecular flexibility index (Phi) is 20.1. The molecular weight excluding hydrogens is 604 g/mol. The number of aliphatic hydroxyl groups is 2. The molecule has 10 heteroatoms. The van der Waals surface area contributed by atoms with Crippen molar-refractivity contribution >= 4 is 5.57 Å². The molecule has 0 spiro atoms. The number of allylic oxidation sites excluding steroid dienone is 2. The summed E-state index contributed by atoms with van der Waals surface area (Å²) in [4.78, 5) is 0.